The highest BCUT2D eigenvalue weighted by Gasteiger charge is 2.26. The number of nitrogens with two attached hydrogens (primary N) is 1. The van der Waals surface area contributed by atoms with Crippen molar-refractivity contribution in [1.29, 1.82) is 0 Å². The molecule has 2 N–H and O–H groups in total. The van der Waals surface area contributed by atoms with Crippen LogP contribution < -0.4 is 10.6 Å². The topological polar surface area (TPSA) is 38.5 Å². The van der Waals surface area contributed by atoms with Gasteiger partial charge in [-0.3, -0.25) is 0 Å². The van der Waals surface area contributed by atoms with Gasteiger partial charge in [0.25, 0.3) is 0 Å². The second-order valence-corrected chi connectivity index (χ2v) is 6.30. The maximum atomic E-state index is 5.93. The lowest BCUT2D eigenvalue weighted by Gasteiger charge is -2.32. The van der Waals surface area contributed by atoms with E-state index in [0.717, 1.165) is 24.5 Å². The predicted molar refractivity (Wildman–Crippen MR) is 77.4 cm³/mol. The van der Waals surface area contributed by atoms with Crippen LogP contribution in [0.2, 0.25) is 0 Å². The van der Waals surface area contributed by atoms with Gasteiger partial charge in [0, 0.05) is 29.4 Å². The zero-order valence-electron chi connectivity index (χ0n) is 10.8. The molecule has 2 heterocycles. The van der Waals surface area contributed by atoms with Crippen LogP contribution >= 0.6 is 11.8 Å². The van der Waals surface area contributed by atoms with Crippen molar-refractivity contribution in [3.05, 3.63) is 18.2 Å². The fourth-order valence-corrected chi connectivity index (χ4v) is 3.78. The third-order valence-corrected chi connectivity index (χ3v) is 4.73. The molecular formula is C14H20N2OS. The van der Waals surface area contributed by atoms with Crippen molar-refractivity contribution in [2.45, 2.75) is 36.9 Å². The summed E-state index contributed by atoms with van der Waals surface area (Å²) in [5, 5.41) is 0. The average Bonchev–Trinajstić information content (AvgIpc) is 2.76. The molecule has 0 spiro atoms. The summed E-state index contributed by atoms with van der Waals surface area (Å²) in [6, 6.07) is 6.23. The third-order valence-electron chi connectivity index (χ3n) is 3.69. The maximum Gasteiger partial charge on any atom is 0.0754 e. The molecular weight excluding hydrogens is 244 g/mol. The van der Waals surface area contributed by atoms with Crippen molar-refractivity contribution >= 4 is 23.1 Å². The van der Waals surface area contributed by atoms with Crippen LogP contribution in [0.15, 0.2) is 23.1 Å². The summed E-state index contributed by atoms with van der Waals surface area (Å²) in [5.74, 6) is 1.15. The first kappa shape index (κ1) is 12.2. The molecule has 0 amide bonds. The normalized spacial score (nSPS) is 27.3. The number of hydrogen-bond acceptors (Lipinski definition) is 4. The summed E-state index contributed by atoms with van der Waals surface area (Å²) < 4.78 is 5.93. The first-order chi connectivity index (χ1) is 8.72. The molecule has 1 aromatic carbocycles. The molecule has 2 aliphatic rings. The Kier molecular flexibility index (Phi) is 3.39. The number of thioether (sulfide) groups is 1. The molecule has 2 unspecified atom stereocenters. The molecule has 0 aliphatic carbocycles. The van der Waals surface area contributed by atoms with Gasteiger partial charge in [0.05, 0.1) is 17.9 Å². The lowest BCUT2D eigenvalue weighted by molar-refractivity contribution is 0.0601. The minimum Gasteiger partial charge on any atom is -0.399 e. The number of hydrogen-bond donors (Lipinski definition) is 1. The highest BCUT2D eigenvalue weighted by Crippen LogP contribution is 2.36. The van der Waals surface area contributed by atoms with Gasteiger partial charge in [0.1, 0.15) is 0 Å². The largest absolute Gasteiger partial charge is 0.399 e. The van der Waals surface area contributed by atoms with E-state index in [1.807, 2.05) is 17.8 Å². The summed E-state index contributed by atoms with van der Waals surface area (Å²) in [5.41, 5.74) is 8.04. The van der Waals surface area contributed by atoms with E-state index < -0.39 is 0 Å². The van der Waals surface area contributed by atoms with E-state index in [9.17, 15) is 0 Å². The minimum absolute atomic E-state index is 0.386. The number of anilines is 2. The molecule has 98 valence electrons. The lowest BCUT2D eigenvalue weighted by Crippen LogP contribution is -2.36. The van der Waals surface area contributed by atoms with Crippen molar-refractivity contribution < 1.29 is 4.74 Å². The molecule has 4 heteroatoms. The summed E-state index contributed by atoms with van der Waals surface area (Å²) in [7, 11) is 0. The summed E-state index contributed by atoms with van der Waals surface area (Å²) in [6.07, 6.45) is 3.19. The number of ether oxygens (including phenoxy) is 1. The summed E-state index contributed by atoms with van der Waals surface area (Å²) in [6.45, 7) is 4.26. The summed E-state index contributed by atoms with van der Waals surface area (Å²) >= 11 is 1.92. The van der Waals surface area contributed by atoms with E-state index in [1.54, 1.807) is 0 Å². The highest BCUT2D eigenvalue weighted by atomic mass is 32.2. The van der Waals surface area contributed by atoms with Crippen molar-refractivity contribution in [2.75, 3.05) is 29.5 Å². The van der Waals surface area contributed by atoms with Gasteiger partial charge < -0.3 is 15.4 Å². The van der Waals surface area contributed by atoms with Gasteiger partial charge in [0.2, 0.25) is 0 Å². The second-order valence-electron chi connectivity index (χ2n) is 5.17. The Hall–Kier alpha value is -0.870. The van der Waals surface area contributed by atoms with Gasteiger partial charge in [-0.25, -0.2) is 0 Å². The smallest absolute Gasteiger partial charge is 0.0754 e. The van der Waals surface area contributed by atoms with Crippen LogP contribution in [0.1, 0.15) is 19.8 Å². The third kappa shape index (κ3) is 2.45. The van der Waals surface area contributed by atoms with Crippen LogP contribution in [0.3, 0.4) is 0 Å². The van der Waals surface area contributed by atoms with Gasteiger partial charge in [-0.2, -0.15) is 0 Å². The fourth-order valence-electron chi connectivity index (χ4n) is 2.74. The summed E-state index contributed by atoms with van der Waals surface area (Å²) in [4.78, 5) is 3.78. The molecule has 18 heavy (non-hydrogen) atoms. The average molecular weight is 264 g/mol. The van der Waals surface area contributed by atoms with Crippen LogP contribution in [0.4, 0.5) is 11.4 Å². The zero-order valence-corrected chi connectivity index (χ0v) is 11.6. The van der Waals surface area contributed by atoms with E-state index in [-0.39, 0.29) is 0 Å². The Morgan fingerprint density at radius 2 is 2.33 bits per heavy atom. The molecule has 1 fully saturated rings. The van der Waals surface area contributed by atoms with Gasteiger partial charge in [-0.15, -0.1) is 11.8 Å². The Morgan fingerprint density at radius 1 is 1.44 bits per heavy atom. The highest BCUT2D eigenvalue weighted by molar-refractivity contribution is 7.99. The Labute approximate surface area is 113 Å². The molecule has 2 atom stereocenters. The number of benzene rings is 1. The minimum atomic E-state index is 0.386. The number of nitrogens with zero attached hydrogens (tertiary/aromatic N) is 1. The molecule has 0 bridgehead atoms. The van der Waals surface area contributed by atoms with E-state index in [4.69, 9.17) is 10.5 Å². The van der Waals surface area contributed by atoms with Crippen LogP contribution in [-0.4, -0.2) is 31.1 Å². The number of nitrogen functional groups attached to an aromatic ring is 1. The van der Waals surface area contributed by atoms with Crippen molar-refractivity contribution in [2.24, 2.45) is 0 Å². The number of fused-ring (bicyclic) bond motifs is 1. The molecule has 3 rings (SSSR count). The van der Waals surface area contributed by atoms with E-state index >= 15 is 0 Å². The SMILES string of the molecule is CC1CCC(CN2CCSc3ccc(N)cc32)O1. The molecule has 0 radical (unpaired) electrons. The van der Waals surface area contributed by atoms with Gasteiger partial charge >= 0.3 is 0 Å². The first-order valence-electron chi connectivity index (χ1n) is 6.65. The quantitative estimate of drug-likeness (QED) is 0.834. The van der Waals surface area contributed by atoms with E-state index in [2.05, 4.69) is 24.0 Å². The lowest BCUT2D eigenvalue weighted by atomic mass is 10.2. The Bertz CT molecular complexity index is 438. The molecule has 3 nitrogen and oxygen atoms in total. The molecule has 0 aromatic heterocycles. The van der Waals surface area contributed by atoms with Crippen LogP contribution in [0.5, 0.6) is 0 Å². The van der Waals surface area contributed by atoms with Crippen molar-refractivity contribution in [1.82, 2.24) is 0 Å². The standard InChI is InChI=1S/C14H20N2OS/c1-10-2-4-12(17-10)9-16-6-7-18-14-5-3-11(15)8-13(14)16/h3,5,8,10,12H,2,4,6-7,9,15H2,1H3. The number of rotatable bonds is 2. The van der Waals surface area contributed by atoms with E-state index in [0.29, 0.717) is 12.2 Å². The molecule has 1 aromatic rings. The predicted octanol–water partition coefficient (Wildman–Crippen LogP) is 2.75. The van der Waals surface area contributed by atoms with Crippen LogP contribution in [0, 0.1) is 0 Å². The molecule has 0 saturated carbocycles. The van der Waals surface area contributed by atoms with E-state index in [1.165, 1.54) is 23.4 Å². The Morgan fingerprint density at radius 3 is 3.11 bits per heavy atom. The first-order valence-corrected chi connectivity index (χ1v) is 7.63. The monoisotopic (exact) mass is 264 g/mol. The molecule has 2 aliphatic heterocycles. The zero-order chi connectivity index (χ0) is 12.5. The van der Waals surface area contributed by atoms with Crippen LogP contribution in [-0.2, 0) is 4.74 Å². The van der Waals surface area contributed by atoms with Gasteiger partial charge in [-0.05, 0) is 38.0 Å². The van der Waals surface area contributed by atoms with Gasteiger partial charge in [-0.1, -0.05) is 0 Å². The fraction of sp³-hybridized carbons (Fsp3) is 0.571. The maximum absolute atomic E-state index is 5.93. The van der Waals surface area contributed by atoms with Gasteiger partial charge in [0.15, 0.2) is 0 Å². The second kappa shape index (κ2) is 5.02. The van der Waals surface area contributed by atoms with Crippen molar-refractivity contribution in [3.8, 4) is 0 Å². The van der Waals surface area contributed by atoms with Crippen LogP contribution in [0.25, 0.3) is 0 Å². The Balaban J connectivity index is 1.76. The van der Waals surface area contributed by atoms with Crippen molar-refractivity contribution in [3.63, 3.8) is 0 Å². The molecule has 1 saturated heterocycles.